The Balaban J connectivity index is 0.000000388. The summed E-state index contributed by atoms with van der Waals surface area (Å²) in [6.07, 6.45) is 14.4. The van der Waals surface area contributed by atoms with Crippen LogP contribution in [0.15, 0.2) is 17.5 Å². The number of thiophene rings is 1. The lowest BCUT2D eigenvalue weighted by molar-refractivity contribution is 0.562. The second kappa shape index (κ2) is 16.0. The largest absolute Gasteiger partial charge is 0.148 e. The molecule has 0 aliphatic carbocycles. The number of hydrogen-bond acceptors (Lipinski definition) is 1. The molecule has 0 aromatic carbocycles. The maximum absolute atomic E-state index is 5.48. The Labute approximate surface area is 129 Å². The van der Waals surface area contributed by atoms with Gasteiger partial charge < -0.3 is 0 Å². The van der Waals surface area contributed by atoms with E-state index in [-0.39, 0.29) is 0 Å². The minimum atomic E-state index is 0.650. The zero-order valence-electron chi connectivity index (χ0n) is 12.8. The lowest BCUT2D eigenvalue weighted by atomic mass is 10.1. The van der Waals surface area contributed by atoms with Gasteiger partial charge in [-0.25, -0.2) is 0 Å². The van der Waals surface area contributed by atoms with Crippen molar-refractivity contribution < 1.29 is 0 Å². The van der Waals surface area contributed by atoms with Crippen molar-refractivity contribution in [3.8, 4) is 0 Å². The van der Waals surface area contributed by atoms with Crippen molar-refractivity contribution in [3.63, 3.8) is 0 Å². The molecule has 0 radical (unpaired) electrons. The first-order valence-corrected chi connectivity index (χ1v) is 9.34. The summed E-state index contributed by atoms with van der Waals surface area (Å²) >= 11 is 7.17. The molecule has 0 unspecified atom stereocenters. The van der Waals surface area contributed by atoms with Crippen LogP contribution in [0.1, 0.15) is 82.9 Å². The van der Waals surface area contributed by atoms with Crippen molar-refractivity contribution in [2.75, 3.05) is 0 Å². The number of hydrogen-bond donors (Lipinski definition) is 0. The predicted octanol–water partition coefficient (Wildman–Crippen LogP) is 7.41. The quantitative estimate of drug-likeness (QED) is 0.312. The number of unbranched alkanes of at least 4 members (excludes halogenated alkanes) is 9. The van der Waals surface area contributed by atoms with E-state index in [0.29, 0.717) is 5.88 Å². The maximum atomic E-state index is 5.48. The second-order valence-electron chi connectivity index (χ2n) is 5.04. The molecule has 1 aromatic rings. The summed E-state index contributed by atoms with van der Waals surface area (Å²) in [4.78, 5) is 1.24. The van der Waals surface area contributed by atoms with E-state index in [1.54, 1.807) is 11.3 Å². The predicted molar refractivity (Wildman–Crippen MR) is 91.4 cm³/mol. The molecule has 0 aliphatic rings. The van der Waals surface area contributed by atoms with Crippen LogP contribution in [0.25, 0.3) is 0 Å². The van der Waals surface area contributed by atoms with Crippen molar-refractivity contribution in [3.05, 3.63) is 22.4 Å². The molecule has 19 heavy (non-hydrogen) atoms. The third kappa shape index (κ3) is 14.2. The van der Waals surface area contributed by atoms with Crippen LogP contribution in [0.4, 0.5) is 0 Å². The third-order valence-corrected chi connectivity index (χ3v) is 4.49. The van der Waals surface area contributed by atoms with Gasteiger partial charge in [-0.3, -0.25) is 0 Å². The smallest absolute Gasteiger partial charge is 0.0568 e. The first-order valence-electron chi connectivity index (χ1n) is 7.93. The molecule has 0 amide bonds. The maximum Gasteiger partial charge on any atom is 0.0568 e. The number of alkyl halides is 1. The van der Waals surface area contributed by atoms with E-state index in [1.807, 2.05) is 17.5 Å². The summed E-state index contributed by atoms with van der Waals surface area (Å²) in [5.74, 6) is 0.650. The SMILES string of the molecule is CCCCCCCCCCCC.ClCc1cccs1. The molecular weight excluding hydrogens is 272 g/mol. The van der Waals surface area contributed by atoms with Crippen LogP contribution in [0.5, 0.6) is 0 Å². The highest BCUT2D eigenvalue weighted by molar-refractivity contribution is 7.10. The van der Waals surface area contributed by atoms with Gasteiger partial charge in [0.15, 0.2) is 0 Å². The fourth-order valence-electron chi connectivity index (χ4n) is 1.95. The van der Waals surface area contributed by atoms with Gasteiger partial charge in [0.2, 0.25) is 0 Å². The van der Waals surface area contributed by atoms with Crippen LogP contribution in [0.3, 0.4) is 0 Å². The van der Waals surface area contributed by atoms with Crippen LogP contribution in [-0.4, -0.2) is 0 Å². The first kappa shape index (κ1) is 19.0. The summed E-state index contributed by atoms with van der Waals surface area (Å²) in [5, 5.41) is 2.03. The minimum absolute atomic E-state index is 0.650. The Hall–Kier alpha value is -0.0100. The standard InChI is InChI=1S/C12H26.C5H5ClS/c1-3-5-7-9-11-12-10-8-6-4-2;6-4-5-2-1-3-7-5/h3-12H2,1-2H3;1-3H,4H2. The van der Waals surface area contributed by atoms with E-state index < -0.39 is 0 Å². The van der Waals surface area contributed by atoms with Gasteiger partial charge in [-0.15, -0.1) is 22.9 Å². The van der Waals surface area contributed by atoms with E-state index in [9.17, 15) is 0 Å². The van der Waals surface area contributed by atoms with Gasteiger partial charge in [-0.05, 0) is 11.4 Å². The fraction of sp³-hybridized carbons (Fsp3) is 0.765. The molecule has 0 fully saturated rings. The molecule has 0 atom stereocenters. The second-order valence-corrected chi connectivity index (χ2v) is 6.34. The molecular formula is C17H31ClS. The summed E-state index contributed by atoms with van der Waals surface area (Å²) in [5.41, 5.74) is 0. The molecule has 112 valence electrons. The summed E-state index contributed by atoms with van der Waals surface area (Å²) < 4.78 is 0. The molecule has 0 spiro atoms. The van der Waals surface area contributed by atoms with Crippen LogP contribution in [0.2, 0.25) is 0 Å². The summed E-state index contributed by atoms with van der Waals surface area (Å²) in [7, 11) is 0. The van der Waals surface area contributed by atoms with E-state index >= 15 is 0 Å². The highest BCUT2D eigenvalue weighted by atomic mass is 35.5. The van der Waals surface area contributed by atoms with Gasteiger partial charge in [0, 0.05) is 4.88 Å². The molecule has 1 aromatic heterocycles. The van der Waals surface area contributed by atoms with E-state index in [1.165, 1.54) is 69.1 Å². The van der Waals surface area contributed by atoms with Gasteiger partial charge >= 0.3 is 0 Å². The van der Waals surface area contributed by atoms with Crippen molar-refractivity contribution in [2.45, 2.75) is 83.9 Å². The van der Waals surface area contributed by atoms with Crippen molar-refractivity contribution in [1.29, 1.82) is 0 Å². The van der Waals surface area contributed by atoms with Crippen molar-refractivity contribution in [1.82, 2.24) is 0 Å². The topological polar surface area (TPSA) is 0 Å². The average Bonchev–Trinajstić information content (AvgIpc) is 2.96. The number of rotatable bonds is 10. The van der Waals surface area contributed by atoms with Crippen LogP contribution in [-0.2, 0) is 5.88 Å². The fourth-order valence-corrected chi connectivity index (χ4v) is 2.78. The van der Waals surface area contributed by atoms with Crippen LogP contribution in [0, 0.1) is 0 Å². The first-order chi connectivity index (χ1) is 9.35. The minimum Gasteiger partial charge on any atom is -0.148 e. The Morgan fingerprint density at radius 3 is 1.58 bits per heavy atom. The zero-order valence-corrected chi connectivity index (χ0v) is 14.4. The monoisotopic (exact) mass is 302 g/mol. The Morgan fingerprint density at radius 1 is 0.842 bits per heavy atom. The molecule has 0 N–H and O–H groups in total. The molecule has 1 heterocycles. The van der Waals surface area contributed by atoms with E-state index in [0.717, 1.165) is 0 Å². The van der Waals surface area contributed by atoms with Gasteiger partial charge in [-0.1, -0.05) is 84.1 Å². The summed E-state index contributed by atoms with van der Waals surface area (Å²) in [6, 6.07) is 4.03. The molecule has 0 nitrogen and oxygen atoms in total. The lowest BCUT2D eigenvalue weighted by Crippen LogP contribution is -1.80. The lowest BCUT2D eigenvalue weighted by Gasteiger charge is -1.99. The van der Waals surface area contributed by atoms with Crippen molar-refractivity contribution >= 4 is 22.9 Å². The van der Waals surface area contributed by atoms with E-state index in [2.05, 4.69) is 13.8 Å². The molecule has 2 heteroatoms. The Kier molecular flexibility index (Phi) is 16.0. The van der Waals surface area contributed by atoms with Crippen LogP contribution >= 0.6 is 22.9 Å². The normalized spacial score (nSPS) is 10.1. The molecule has 0 saturated heterocycles. The molecule has 0 saturated carbocycles. The third-order valence-electron chi connectivity index (χ3n) is 3.17. The zero-order chi connectivity index (χ0) is 14.2. The Morgan fingerprint density at radius 2 is 1.32 bits per heavy atom. The van der Waals surface area contributed by atoms with Gasteiger partial charge in [0.25, 0.3) is 0 Å². The highest BCUT2D eigenvalue weighted by Crippen LogP contribution is 2.10. The summed E-state index contributed by atoms with van der Waals surface area (Å²) in [6.45, 7) is 4.56. The van der Waals surface area contributed by atoms with Gasteiger partial charge in [-0.2, -0.15) is 0 Å². The number of halogens is 1. The molecule has 1 rings (SSSR count). The van der Waals surface area contributed by atoms with E-state index in [4.69, 9.17) is 11.6 Å². The Bertz CT molecular complexity index is 234. The van der Waals surface area contributed by atoms with Gasteiger partial charge in [0.1, 0.15) is 0 Å². The van der Waals surface area contributed by atoms with Crippen molar-refractivity contribution in [2.24, 2.45) is 0 Å². The molecule has 0 aliphatic heterocycles. The van der Waals surface area contributed by atoms with Crippen LogP contribution < -0.4 is 0 Å². The van der Waals surface area contributed by atoms with Gasteiger partial charge in [0.05, 0.1) is 5.88 Å². The molecule has 0 bridgehead atoms. The average molecular weight is 303 g/mol. The highest BCUT2D eigenvalue weighted by Gasteiger charge is 1.90.